The lowest BCUT2D eigenvalue weighted by molar-refractivity contribution is 0.104. The summed E-state index contributed by atoms with van der Waals surface area (Å²) in [6.45, 7) is 4.00. The summed E-state index contributed by atoms with van der Waals surface area (Å²) in [5.74, 6) is 0.107. The number of hydrogen-bond donors (Lipinski definition) is 0. The first kappa shape index (κ1) is 13.5. The van der Waals surface area contributed by atoms with E-state index in [2.05, 4.69) is 15.9 Å². The van der Waals surface area contributed by atoms with Gasteiger partial charge in [-0.2, -0.15) is 0 Å². The summed E-state index contributed by atoms with van der Waals surface area (Å²) in [5, 5.41) is 2.98. The standard InChI is InChI=1S/C17H13BrOS/c1-10-6-7-11(2)13(8-10)16(19)14-9-20-17-12(14)4-3-5-15(17)18/h3-9H,1-2H3. The molecule has 100 valence electrons. The second-order valence-corrected chi connectivity index (χ2v) is 6.65. The lowest BCUT2D eigenvalue weighted by Crippen LogP contribution is -2.03. The highest BCUT2D eigenvalue weighted by molar-refractivity contribution is 9.10. The SMILES string of the molecule is Cc1ccc(C)c(C(=O)c2csc3c(Br)cccc23)c1. The first-order valence-electron chi connectivity index (χ1n) is 6.35. The van der Waals surface area contributed by atoms with E-state index in [4.69, 9.17) is 0 Å². The minimum atomic E-state index is 0.107. The van der Waals surface area contributed by atoms with Crippen LogP contribution in [0.5, 0.6) is 0 Å². The predicted molar refractivity (Wildman–Crippen MR) is 88.9 cm³/mol. The van der Waals surface area contributed by atoms with E-state index in [0.717, 1.165) is 36.8 Å². The Morgan fingerprint density at radius 1 is 1.10 bits per heavy atom. The Labute approximate surface area is 130 Å². The Morgan fingerprint density at radius 3 is 2.70 bits per heavy atom. The second-order valence-electron chi connectivity index (χ2n) is 4.91. The third-order valence-electron chi connectivity index (χ3n) is 3.43. The number of ketones is 1. The molecular weight excluding hydrogens is 332 g/mol. The molecule has 0 fully saturated rings. The Kier molecular flexibility index (Phi) is 3.48. The van der Waals surface area contributed by atoms with Gasteiger partial charge in [0.05, 0.1) is 0 Å². The maximum absolute atomic E-state index is 12.8. The molecule has 0 aliphatic carbocycles. The van der Waals surface area contributed by atoms with Crippen LogP contribution in [-0.4, -0.2) is 5.78 Å². The van der Waals surface area contributed by atoms with Crippen molar-refractivity contribution in [1.29, 1.82) is 0 Å². The molecule has 3 heteroatoms. The quantitative estimate of drug-likeness (QED) is 0.560. The van der Waals surface area contributed by atoms with Gasteiger partial charge in [0.2, 0.25) is 0 Å². The zero-order chi connectivity index (χ0) is 14.3. The largest absolute Gasteiger partial charge is 0.289 e. The van der Waals surface area contributed by atoms with E-state index >= 15 is 0 Å². The molecule has 1 heterocycles. The van der Waals surface area contributed by atoms with Gasteiger partial charge >= 0.3 is 0 Å². The van der Waals surface area contributed by atoms with Gasteiger partial charge in [0, 0.05) is 31.1 Å². The van der Waals surface area contributed by atoms with E-state index in [9.17, 15) is 4.79 Å². The Hall–Kier alpha value is -1.45. The van der Waals surface area contributed by atoms with Crippen molar-refractivity contribution in [2.45, 2.75) is 13.8 Å². The second kappa shape index (κ2) is 5.15. The maximum Gasteiger partial charge on any atom is 0.194 e. The van der Waals surface area contributed by atoms with Crippen LogP contribution in [0, 0.1) is 13.8 Å². The van der Waals surface area contributed by atoms with Crippen molar-refractivity contribution in [3.63, 3.8) is 0 Å². The number of carbonyl (C=O) groups is 1. The van der Waals surface area contributed by atoms with Crippen molar-refractivity contribution >= 4 is 43.1 Å². The van der Waals surface area contributed by atoms with Crippen LogP contribution >= 0.6 is 27.3 Å². The highest BCUT2D eigenvalue weighted by Gasteiger charge is 2.17. The van der Waals surface area contributed by atoms with Crippen molar-refractivity contribution in [1.82, 2.24) is 0 Å². The van der Waals surface area contributed by atoms with Gasteiger partial charge in [-0.3, -0.25) is 4.79 Å². The Balaban J connectivity index is 2.18. The Morgan fingerprint density at radius 2 is 1.90 bits per heavy atom. The van der Waals surface area contributed by atoms with E-state index in [1.54, 1.807) is 11.3 Å². The van der Waals surface area contributed by atoms with E-state index in [1.165, 1.54) is 0 Å². The molecule has 3 rings (SSSR count). The highest BCUT2D eigenvalue weighted by Crippen LogP contribution is 2.33. The third kappa shape index (κ3) is 2.21. The van der Waals surface area contributed by atoms with Crippen LogP contribution in [0.15, 0.2) is 46.3 Å². The van der Waals surface area contributed by atoms with Crippen LogP contribution in [0.1, 0.15) is 27.0 Å². The normalized spacial score (nSPS) is 10.9. The van der Waals surface area contributed by atoms with Crippen molar-refractivity contribution in [2.75, 3.05) is 0 Å². The number of fused-ring (bicyclic) bond motifs is 1. The first-order chi connectivity index (χ1) is 9.58. The predicted octanol–water partition coefficient (Wildman–Crippen LogP) is 5.51. The molecule has 0 radical (unpaired) electrons. The molecular formula is C17H13BrOS. The number of aryl methyl sites for hydroxylation is 2. The molecule has 3 aromatic rings. The summed E-state index contributed by atoms with van der Waals surface area (Å²) in [7, 11) is 0. The number of thiophene rings is 1. The zero-order valence-electron chi connectivity index (χ0n) is 11.2. The third-order valence-corrected chi connectivity index (χ3v) is 5.39. The average Bonchev–Trinajstić information content (AvgIpc) is 2.86. The molecule has 1 nitrogen and oxygen atoms in total. The van der Waals surface area contributed by atoms with Crippen molar-refractivity contribution < 1.29 is 4.79 Å². The van der Waals surface area contributed by atoms with Crippen molar-refractivity contribution in [2.24, 2.45) is 0 Å². The van der Waals surface area contributed by atoms with Gasteiger partial charge < -0.3 is 0 Å². The molecule has 0 atom stereocenters. The van der Waals surface area contributed by atoms with Gasteiger partial charge in [-0.15, -0.1) is 11.3 Å². The number of carbonyl (C=O) groups excluding carboxylic acids is 1. The van der Waals surface area contributed by atoms with E-state index in [-0.39, 0.29) is 5.78 Å². The molecule has 2 aromatic carbocycles. The fraction of sp³-hybridized carbons (Fsp3) is 0.118. The minimum Gasteiger partial charge on any atom is -0.289 e. The molecule has 0 saturated carbocycles. The fourth-order valence-corrected chi connectivity index (χ4v) is 3.93. The van der Waals surface area contributed by atoms with Crippen LogP contribution in [-0.2, 0) is 0 Å². The number of benzene rings is 2. The topological polar surface area (TPSA) is 17.1 Å². The molecule has 20 heavy (non-hydrogen) atoms. The molecule has 0 bridgehead atoms. The molecule has 0 saturated heterocycles. The summed E-state index contributed by atoms with van der Waals surface area (Å²) in [5.41, 5.74) is 3.72. The highest BCUT2D eigenvalue weighted by atomic mass is 79.9. The van der Waals surface area contributed by atoms with E-state index < -0.39 is 0 Å². The number of hydrogen-bond acceptors (Lipinski definition) is 2. The van der Waals surface area contributed by atoms with Gasteiger partial charge in [-0.25, -0.2) is 0 Å². The van der Waals surface area contributed by atoms with Crippen LogP contribution in [0.2, 0.25) is 0 Å². The molecule has 0 spiro atoms. The van der Waals surface area contributed by atoms with Gasteiger partial charge in [0.15, 0.2) is 5.78 Å². The summed E-state index contributed by atoms with van der Waals surface area (Å²) < 4.78 is 2.17. The zero-order valence-corrected chi connectivity index (χ0v) is 13.6. The summed E-state index contributed by atoms with van der Waals surface area (Å²) >= 11 is 5.15. The van der Waals surface area contributed by atoms with Crippen molar-refractivity contribution in [3.05, 3.63) is 68.5 Å². The number of rotatable bonds is 2. The lowest BCUT2D eigenvalue weighted by atomic mass is 9.97. The monoisotopic (exact) mass is 344 g/mol. The van der Waals surface area contributed by atoms with Crippen molar-refractivity contribution in [3.8, 4) is 0 Å². The fourth-order valence-electron chi connectivity index (χ4n) is 2.32. The summed E-state index contributed by atoms with van der Waals surface area (Å²) in [6, 6.07) is 12.0. The molecule has 0 amide bonds. The maximum atomic E-state index is 12.8. The molecule has 0 aliphatic rings. The van der Waals surface area contributed by atoms with E-state index in [0.29, 0.717) is 0 Å². The van der Waals surface area contributed by atoms with Crippen LogP contribution in [0.3, 0.4) is 0 Å². The van der Waals surface area contributed by atoms with Gasteiger partial charge in [0.1, 0.15) is 0 Å². The van der Waals surface area contributed by atoms with Gasteiger partial charge in [0.25, 0.3) is 0 Å². The molecule has 0 N–H and O–H groups in total. The van der Waals surface area contributed by atoms with E-state index in [1.807, 2.05) is 55.6 Å². The van der Waals surface area contributed by atoms with Gasteiger partial charge in [-0.05, 0) is 47.5 Å². The van der Waals surface area contributed by atoms with Crippen LogP contribution in [0.4, 0.5) is 0 Å². The van der Waals surface area contributed by atoms with Crippen LogP contribution in [0.25, 0.3) is 10.1 Å². The Bertz CT molecular complexity index is 817. The molecule has 0 aliphatic heterocycles. The minimum absolute atomic E-state index is 0.107. The lowest BCUT2D eigenvalue weighted by Gasteiger charge is -2.06. The summed E-state index contributed by atoms with van der Waals surface area (Å²) in [4.78, 5) is 12.8. The summed E-state index contributed by atoms with van der Waals surface area (Å²) in [6.07, 6.45) is 0. The van der Waals surface area contributed by atoms with Gasteiger partial charge in [-0.1, -0.05) is 29.8 Å². The number of halogens is 1. The average molecular weight is 345 g/mol. The van der Waals surface area contributed by atoms with Crippen LogP contribution < -0.4 is 0 Å². The smallest absolute Gasteiger partial charge is 0.194 e. The molecule has 1 aromatic heterocycles. The first-order valence-corrected chi connectivity index (χ1v) is 8.03. The molecule has 0 unspecified atom stereocenters.